The summed E-state index contributed by atoms with van der Waals surface area (Å²) in [4.78, 5) is 4.34. The topological polar surface area (TPSA) is 27.1 Å². The van der Waals surface area contributed by atoms with Crippen molar-refractivity contribution in [2.45, 2.75) is 18.8 Å². The lowest BCUT2D eigenvalue weighted by atomic mass is 10.3. The number of benzene rings is 1. The van der Waals surface area contributed by atoms with E-state index in [1.165, 1.54) is 6.07 Å². The number of ether oxygens (including phenoxy) is 1. The molecule has 18 heavy (non-hydrogen) atoms. The summed E-state index contributed by atoms with van der Waals surface area (Å²) in [6, 6.07) is 3.16. The summed E-state index contributed by atoms with van der Waals surface area (Å²) in [5.74, 6) is 0.742. The van der Waals surface area contributed by atoms with Gasteiger partial charge in [-0.1, -0.05) is 0 Å². The molecule has 0 bridgehead atoms. The smallest absolute Gasteiger partial charge is 0.139 e. The molecule has 0 N–H and O–H groups in total. The minimum Gasteiger partial charge on any atom is -0.385 e. The van der Waals surface area contributed by atoms with Gasteiger partial charge in [-0.15, -0.1) is 11.6 Å². The van der Waals surface area contributed by atoms with Gasteiger partial charge in [0.15, 0.2) is 0 Å². The summed E-state index contributed by atoms with van der Waals surface area (Å²) in [7, 11) is 1.67. The van der Waals surface area contributed by atoms with Crippen LogP contribution in [-0.2, 0) is 17.2 Å². The van der Waals surface area contributed by atoms with Crippen LogP contribution >= 0.6 is 27.5 Å². The van der Waals surface area contributed by atoms with Crippen LogP contribution in [0, 0.1) is 5.82 Å². The second kappa shape index (κ2) is 5.99. The summed E-state index contributed by atoms with van der Waals surface area (Å²) >= 11 is 9.07. The molecule has 0 spiro atoms. The SMILES string of the molecule is COCCCn1c(CCl)nc2cc(F)c(Br)cc21. The van der Waals surface area contributed by atoms with Gasteiger partial charge in [-0.3, -0.25) is 0 Å². The Bertz CT molecular complexity index is 558. The Hall–Kier alpha value is -0.650. The number of hydrogen-bond acceptors (Lipinski definition) is 2. The molecule has 0 saturated carbocycles. The molecule has 1 aromatic heterocycles. The first kappa shape index (κ1) is 13.8. The fraction of sp³-hybridized carbons (Fsp3) is 0.417. The van der Waals surface area contributed by atoms with Crippen molar-refractivity contribution in [1.29, 1.82) is 0 Å². The lowest BCUT2D eigenvalue weighted by molar-refractivity contribution is 0.190. The quantitative estimate of drug-likeness (QED) is 0.615. The number of methoxy groups -OCH3 is 1. The van der Waals surface area contributed by atoms with Gasteiger partial charge in [0, 0.05) is 26.3 Å². The van der Waals surface area contributed by atoms with Crippen molar-refractivity contribution in [3.8, 4) is 0 Å². The molecule has 1 aromatic carbocycles. The predicted molar refractivity (Wildman–Crippen MR) is 73.4 cm³/mol. The average Bonchev–Trinajstić information content (AvgIpc) is 2.68. The maximum absolute atomic E-state index is 13.5. The van der Waals surface area contributed by atoms with Crippen LogP contribution in [0.1, 0.15) is 12.2 Å². The molecule has 0 radical (unpaired) electrons. The van der Waals surface area contributed by atoms with Crippen molar-refractivity contribution in [2.24, 2.45) is 0 Å². The molecule has 0 atom stereocenters. The summed E-state index contributed by atoms with van der Waals surface area (Å²) < 4.78 is 20.9. The highest BCUT2D eigenvalue weighted by atomic mass is 79.9. The first-order chi connectivity index (χ1) is 8.67. The molecule has 2 rings (SSSR count). The average molecular weight is 336 g/mol. The molecule has 1 heterocycles. The highest BCUT2D eigenvalue weighted by molar-refractivity contribution is 9.10. The van der Waals surface area contributed by atoms with Crippen LogP contribution in [0.15, 0.2) is 16.6 Å². The number of aromatic nitrogens is 2. The van der Waals surface area contributed by atoms with E-state index in [-0.39, 0.29) is 5.82 Å². The molecular weight excluding hydrogens is 322 g/mol. The maximum atomic E-state index is 13.5. The van der Waals surface area contributed by atoms with E-state index < -0.39 is 0 Å². The second-order valence-electron chi connectivity index (χ2n) is 3.91. The molecular formula is C12H13BrClFN2O. The van der Waals surface area contributed by atoms with Crippen LogP contribution in [0.3, 0.4) is 0 Å². The largest absolute Gasteiger partial charge is 0.385 e. The number of nitrogens with zero attached hydrogens (tertiary/aromatic N) is 2. The predicted octanol–water partition coefficient (Wildman–Crippen LogP) is 3.71. The summed E-state index contributed by atoms with van der Waals surface area (Å²) in [6.45, 7) is 1.42. The van der Waals surface area contributed by atoms with E-state index in [4.69, 9.17) is 16.3 Å². The highest BCUT2D eigenvalue weighted by Gasteiger charge is 2.12. The second-order valence-corrected chi connectivity index (χ2v) is 5.04. The first-order valence-corrected chi connectivity index (χ1v) is 6.89. The zero-order chi connectivity index (χ0) is 13.1. The summed E-state index contributed by atoms with van der Waals surface area (Å²) in [6.07, 6.45) is 0.862. The van der Waals surface area contributed by atoms with Gasteiger partial charge in [0.2, 0.25) is 0 Å². The van der Waals surface area contributed by atoms with E-state index >= 15 is 0 Å². The van der Waals surface area contributed by atoms with E-state index in [1.54, 1.807) is 13.2 Å². The number of alkyl halides is 1. The van der Waals surface area contributed by atoms with Gasteiger partial charge in [-0.2, -0.15) is 0 Å². The number of rotatable bonds is 5. The molecule has 3 nitrogen and oxygen atoms in total. The first-order valence-electron chi connectivity index (χ1n) is 5.56. The Kier molecular flexibility index (Phi) is 4.59. The van der Waals surface area contributed by atoms with Gasteiger partial charge in [0.1, 0.15) is 11.6 Å². The molecule has 98 valence electrons. The van der Waals surface area contributed by atoms with E-state index in [0.717, 1.165) is 24.3 Å². The third-order valence-electron chi connectivity index (χ3n) is 2.72. The molecule has 0 saturated heterocycles. The van der Waals surface area contributed by atoms with Crippen molar-refractivity contribution < 1.29 is 9.13 Å². The van der Waals surface area contributed by atoms with Crippen LogP contribution in [-0.4, -0.2) is 23.3 Å². The highest BCUT2D eigenvalue weighted by Crippen LogP contribution is 2.25. The number of aryl methyl sites for hydroxylation is 1. The van der Waals surface area contributed by atoms with Gasteiger partial charge in [0.05, 0.1) is 21.4 Å². The van der Waals surface area contributed by atoms with Crippen LogP contribution in [0.4, 0.5) is 4.39 Å². The Morgan fingerprint density at radius 1 is 1.50 bits per heavy atom. The van der Waals surface area contributed by atoms with E-state index in [9.17, 15) is 4.39 Å². The minimum atomic E-state index is -0.315. The lowest BCUT2D eigenvalue weighted by Crippen LogP contribution is -2.05. The van der Waals surface area contributed by atoms with Gasteiger partial charge in [-0.25, -0.2) is 9.37 Å². The minimum absolute atomic E-state index is 0.306. The van der Waals surface area contributed by atoms with Crippen molar-refractivity contribution >= 4 is 38.6 Å². The number of imidazole rings is 1. The molecule has 6 heteroatoms. The molecule has 0 aliphatic carbocycles. The zero-order valence-corrected chi connectivity index (χ0v) is 12.3. The summed E-state index contributed by atoms with van der Waals surface area (Å²) in [5, 5.41) is 0. The molecule has 2 aromatic rings. The van der Waals surface area contributed by atoms with E-state index in [2.05, 4.69) is 20.9 Å². The normalized spacial score (nSPS) is 11.3. The molecule has 0 aliphatic heterocycles. The number of halogens is 3. The number of fused-ring (bicyclic) bond motifs is 1. The monoisotopic (exact) mass is 334 g/mol. The fourth-order valence-corrected chi connectivity index (χ4v) is 2.42. The third-order valence-corrected chi connectivity index (χ3v) is 3.57. The van der Waals surface area contributed by atoms with Crippen molar-refractivity contribution in [3.05, 3.63) is 28.2 Å². The zero-order valence-electron chi connectivity index (χ0n) is 9.92. The van der Waals surface area contributed by atoms with E-state index in [1.807, 2.05) is 4.57 Å². The Balaban J connectivity index is 2.44. The van der Waals surface area contributed by atoms with Crippen LogP contribution in [0.2, 0.25) is 0 Å². The number of hydrogen-bond donors (Lipinski definition) is 0. The summed E-state index contributed by atoms with van der Waals surface area (Å²) in [5.41, 5.74) is 1.51. The van der Waals surface area contributed by atoms with Gasteiger partial charge >= 0.3 is 0 Å². The standard InChI is InChI=1S/C12H13BrClFN2O/c1-18-4-2-3-17-11-5-8(13)9(15)6-10(11)16-12(17)7-14/h5-6H,2-4,7H2,1H3. The molecule has 0 amide bonds. The van der Waals surface area contributed by atoms with Crippen molar-refractivity contribution in [3.63, 3.8) is 0 Å². The molecule has 0 fully saturated rings. The molecule has 0 aliphatic rings. The van der Waals surface area contributed by atoms with Gasteiger partial charge in [-0.05, 0) is 28.4 Å². The van der Waals surface area contributed by atoms with Crippen LogP contribution in [0.5, 0.6) is 0 Å². The van der Waals surface area contributed by atoms with Gasteiger partial charge < -0.3 is 9.30 Å². The maximum Gasteiger partial charge on any atom is 0.139 e. The Morgan fingerprint density at radius 2 is 2.28 bits per heavy atom. The van der Waals surface area contributed by atoms with Crippen molar-refractivity contribution in [2.75, 3.05) is 13.7 Å². The molecule has 0 unspecified atom stereocenters. The Labute approximate surface area is 118 Å². The lowest BCUT2D eigenvalue weighted by Gasteiger charge is -2.07. The van der Waals surface area contributed by atoms with Crippen LogP contribution < -0.4 is 0 Å². The van der Waals surface area contributed by atoms with E-state index in [0.29, 0.717) is 22.5 Å². The fourth-order valence-electron chi connectivity index (χ4n) is 1.89. The third kappa shape index (κ3) is 2.68. The van der Waals surface area contributed by atoms with Crippen molar-refractivity contribution in [1.82, 2.24) is 9.55 Å². The van der Waals surface area contributed by atoms with Crippen LogP contribution in [0.25, 0.3) is 11.0 Å². The van der Waals surface area contributed by atoms with Gasteiger partial charge in [0.25, 0.3) is 0 Å². The Morgan fingerprint density at radius 3 is 2.94 bits per heavy atom.